The monoisotopic (exact) mass is 353 g/mol. The summed E-state index contributed by atoms with van der Waals surface area (Å²) in [5.41, 5.74) is 1.99. The fourth-order valence-corrected chi connectivity index (χ4v) is 2.11. The Balaban J connectivity index is 2.27. The molecule has 0 saturated carbocycles. The zero-order valence-corrected chi connectivity index (χ0v) is 13.3. The van der Waals surface area contributed by atoms with Crippen molar-refractivity contribution in [3.8, 4) is 0 Å². The van der Waals surface area contributed by atoms with E-state index in [4.69, 9.17) is 11.6 Å². The van der Waals surface area contributed by atoms with Crippen LogP contribution in [0.3, 0.4) is 0 Å². The first-order valence-electron chi connectivity index (χ1n) is 5.93. The number of nitrogens with one attached hydrogen (secondary N) is 2. The predicted octanol–water partition coefficient (Wildman–Crippen LogP) is 4.10. The molecule has 2 aromatic rings. The van der Waals surface area contributed by atoms with Gasteiger partial charge in [-0.2, -0.15) is 0 Å². The number of halogens is 2. The van der Waals surface area contributed by atoms with Crippen LogP contribution < -0.4 is 10.6 Å². The van der Waals surface area contributed by atoms with Gasteiger partial charge in [0.1, 0.15) is 5.82 Å². The molecule has 0 atom stereocenters. The fraction of sp³-hybridized carbons (Fsp3) is 0.143. The highest BCUT2D eigenvalue weighted by Crippen LogP contribution is 2.22. The largest absolute Gasteiger partial charge is 0.387 e. The van der Waals surface area contributed by atoms with E-state index in [1.54, 1.807) is 31.3 Å². The van der Waals surface area contributed by atoms with Gasteiger partial charge in [-0.3, -0.25) is 4.79 Å². The first-order valence-corrected chi connectivity index (χ1v) is 7.10. The lowest BCUT2D eigenvalue weighted by Crippen LogP contribution is -2.15. The third kappa shape index (κ3) is 3.29. The molecule has 20 heavy (non-hydrogen) atoms. The minimum absolute atomic E-state index is 0.258. The molecule has 2 N–H and O–H groups in total. The predicted molar refractivity (Wildman–Crippen MR) is 85.6 cm³/mol. The van der Waals surface area contributed by atoms with Gasteiger partial charge in [0.15, 0.2) is 0 Å². The SMILES string of the molecule is CNc1ccc(Cl)cc1C(=O)Nc1ccc(Br)c(C)n1. The third-order valence-electron chi connectivity index (χ3n) is 2.76. The summed E-state index contributed by atoms with van der Waals surface area (Å²) in [6.07, 6.45) is 0. The van der Waals surface area contributed by atoms with Crippen molar-refractivity contribution in [1.82, 2.24) is 4.98 Å². The molecule has 0 fully saturated rings. The van der Waals surface area contributed by atoms with Crippen molar-refractivity contribution in [2.24, 2.45) is 0 Å². The van der Waals surface area contributed by atoms with Gasteiger partial charge in [-0.25, -0.2) is 4.98 Å². The zero-order valence-electron chi connectivity index (χ0n) is 11.0. The number of pyridine rings is 1. The van der Waals surface area contributed by atoms with Crippen molar-refractivity contribution >= 4 is 44.9 Å². The minimum Gasteiger partial charge on any atom is -0.387 e. The van der Waals surface area contributed by atoms with Crippen LogP contribution in [0.4, 0.5) is 11.5 Å². The first-order chi connectivity index (χ1) is 9.51. The summed E-state index contributed by atoms with van der Waals surface area (Å²) in [6, 6.07) is 8.69. The maximum absolute atomic E-state index is 12.3. The Kier molecular flexibility index (Phi) is 4.62. The van der Waals surface area contributed by atoms with E-state index >= 15 is 0 Å². The van der Waals surface area contributed by atoms with Crippen molar-refractivity contribution in [3.63, 3.8) is 0 Å². The maximum atomic E-state index is 12.3. The molecule has 0 unspecified atom stereocenters. The standard InChI is InChI=1S/C14H13BrClN3O/c1-8-11(15)4-6-13(18-8)19-14(20)10-7-9(16)3-5-12(10)17-2/h3-7,17H,1-2H3,(H,18,19,20). The molecule has 6 heteroatoms. The Labute approximate surface area is 130 Å². The van der Waals surface area contributed by atoms with Crippen LogP contribution >= 0.6 is 27.5 Å². The van der Waals surface area contributed by atoms with Gasteiger partial charge >= 0.3 is 0 Å². The lowest BCUT2D eigenvalue weighted by atomic mass is 10.1. The van der Waals surface area contributed by atoms with Gasteiger partial charge in [0.05, 0.1) is 11.3 Å². The Morgan fingerprint density at radius 1 is 1.30 bits per heavy atom. The zero-order chi connectivity index (χ0) is 14.7. The Hall–Kier alpha value is -1.59. The summed E-state index contributed by atoms with van der Waals surface area (Å²) in [6.45, 7) is 1.86. The Morgan fingerprint density at radius 3 is 2.70 bits per heavy atom. The molecule has 1 amide bonds. The van der Waals surface area contributed by atoms with Gasteiger partial charge < -0.3 is 10.6 Å². The number of amides is 1. The van der Waals surface area contributed by atoms with E-state index in [0.717, 1.165) is 10.2 Å². The highest BCUT2D eigenvalue weighted by molar-refractivity contribution is 9.10. The number of hydrogen-bond donors (Lipinski definition) is 2. The van der Waals surface area contributed by atoms with Gasteiger partial charge in [-0.1, -0.05) is 11.6 Å². The molecular formula is C14H13BrClN3O. The molecule has 1 aromatic heterocycles. The molecule has 104 valence electrons. The molecule has 0 aliphatic carbocycles. The van der Waals surface area contributed by atoms with E-state index in [1.165, 1.54) is 0 Å². The average molecular weight is 355 g/mol. The minimum atomic E-state index is -0.258. The van der Waals surface area contributed by atoms with E-state index < -0.39 is 0 Å². The second-order valence-corrected chi connectivity index (χ2v) is 5.45. The normalized spacial score (nSPS) is 10.2. The number of rotatable bonds is 3. The molecule has 0 aliphatic rings. The van der Waals surface area contributed by atoms with Crippen LogP contribution in [0.15, 0.2) is 34.8 Å². The molecule has 0 spiro atoms. The number of benzene rings is 1. The second kappa shape index (κ2) is 6.24. The van der Waals surface area contributed by atoms with E-state index in [1.807, 2.05) is 13.0 Å². The van der Waals surface area contributed by atoms with E-state index in [2.05, 4.69) is 31.5 Å². The smallest absolute Gasteiger partial charge is 0.258 e. The van der Waals surface area contributed by atoms with E-state index in [9.17, 15) is 4.79 Å². The number of carbonyl (C=O) groups is 1. The second-order valence-electron chi connectivity index (χ2n) is 4.16. The van der Waals surface area contributed by atoms with Crippen molar-refractivity contribution in [2.45, 2.75) is 6.92 Å². The van der Waals surface area contributed by atoms with Crippen LogP contribution in [0.5, 0.6) is 0 Å². The summed E-state index contributed by atoms with van der Waals surface area (Å²) < 4.78 is 0.897. The molecule has 0 aliphatic heterocycles. The van der Waals surface area contributed by atoms with Crippen LogP contribution in [-0.4, -0.2) is 17.9 Å². The Morgan fingerprint density at radius 2 is 2.05 bits per heavy atom. The lowest BCUT2D eigenvalue weighted by molar-refractivity contribution is 0.102. The summed E-state index contributed by atoms with van der Waals surface area (Å²) in [5.74, 6) is 0.240. The number of aryl methyl sites for hydroxylation is 1. The summed E-state index contributed by atoms with van der Waals surface area (Å²) in [5, 5.41) is 6.23. The quantitative estimate of drug-likeness (QED) is 0.872. The molecule has 4 nitrogen and oxygen atoms in total. The van der Waals surface area contributed by atoms with E-state index in [-0.39, 0.29) is 5.91 Å². The van der Waals surface area contributed by atoms with Crippen LogP contribution in [0.1, 0.15) is 16.1 Å². The summed E-state index contributed by atoms with van der Waals surface area (Å²) >= 11 is 9.31. The summed E-state index contributed by atoms with van der Waals surface area (Å²) in [7, 11) is 1.75. The fourth-order valence-electron chi connectivity index (χ4n) is 1.72. The maximum Gasteiger partial charge on any atom is 0.258 e. The van der Waals surface area contributed by atoms with Gasteiger partial charge in [-0.05, 0) is 53.2 Å². The third-order valence-corrected chi connectivity index (χ3v) is 3.83. The molecule has 0 radical (unpaired) electrons. The highest BCUT2D eigenvalue weighted by atomic mass is 79.9. The molecule has 0 saturated heterocycles. The van der Waals surface area contributed by atoms with Crippen molar-refractivity contribution in [1.29, 1.82) is 0 Å². The Bertz CT molecular complexity index is 661. The van der Waals surface area contributed by atoms with Crippen LogP contribution in [-0.2, 0) is 0 Å². The molecular weight excluding hydrogens is 342 g/mol. The molecule has 0 bridgehead atoms. The van der Waals surface area contributed by atoms with Crippen molar-refractivity contribution < 1.29 is 4.79 Å². The summed E-state index contributed by atoms with van der Waals surface area (Å²) in [4.78, 5) is 16.6. The topological polar surface area (TPSA) is 54.0 Å². The molecule has 1 aromatic carbocycles. The highest BCUT2D eigenvalue weighted by Gasteiger charge is 2.12. The number of aromatic nitrogens is 1. The van der Waals surface area contributed by atoms with Crippen molar-refractivity contribution in [2.75, 3.05) is 17.7 Å². The van der Waals surface area contributed by atoms with Crippen molar-refractivity contribution in [3.05, 3.63) is 51.1 Å². The number of carbonyl (C=O) groups excluding carboxylic acids is 1. The molecule has 2 rings (SSSR count). The van der Waals surface area contributed by atoms with Gasteiger partial charge in [-0.15, -0.1) is 0 Å². The number of anilines is 2. The van der Waals surface area contributed by atoms with Gasteiger partial charge in [0.25, 0.3) is 5.91 Å². The van der Waals surface area contributed by atoms with Crippen LogP contribution in [0.2, 0.25) is 5.02 Å². The van der Waals surface area contributed by atoms with Crippen LogP contribution in [0.25, 0.3) is 0 Å². The molecule has 1 heterocycles. The average Bonchev–Trinajstić information content (AvgIpc) is 2.43. The number of nitrogens with zero attached hydrogens (tertiary/aromatic N) is 1. The van der Waals surface area contributed by atoms with Crippen LogP contribution in [0, 0.1) is 6.92 Å². The van der Waals surface area contributed by atoms with Gasteiger partial charge in [0.2, 0.25) is 0 Å². The van der Waals surface area contributed by atoms with Gasteiger partial charge in [0, 0.05) is 22.2 Å². The first kappa shape index (κ1) is 14.8. The lowest BCUT2D eigenvalue weighted by Gasteiger charge is -2.10. The van der Waals surface area contributed by atoms with E-state index in [0.29, 0.717) is 22.1 Å². The number of hydrogen-bond acceptors (Lipinski definition) is 3.